The lowest BCUT2D eigenvalue weighted by Crippen LogP contribution is -2.45. The molecule has 0 aromatic heterocycles. The monoisotopic (exact) mass is 269 g/mol. The molecule has 1 fully saturated rings. The summed E-state index contributed by atoms with van der Waals surface area (Å²) in [5.74, 6) is 1.14. The maximum atomic E-state index is 11.9. The Morgan fingerprint density at radius 2 is 1.84 bits per heavy atom. The van der Waals surface area contributed by atoms with Crippen LogP contribution in [0.1, 0.15) is 59.8 Å². The summed E-state index contributed by atoms with van der Waals surface area (Å²) in [4.78, 5) is 11.9. The maximum absolute atomic E-state index is 11.9. The van der Waals surface area contributed by atoms with Crippen LogP contribution in [0, 0.1) is 17.3 Å². The highest BCUT2D eigenvalue weighted by Crippen LogP contribution is 2.40. The van der Waals surface area contributed by atoms with Crippen molar-refractivity contribution in [2.24, 2.45) is 17.3 Å². The van der Waals surface area contributed by atoms with E-state index in [1.165, 1.54) is 20.0 Å². The first-order valence-corrected chi connectivity index (χ1v) is 7.71. The van der Waals surface area contributed by atoms with Crippen molar-refractivity contribution in [2.75, 3.05) is 13.7 Å². The molecular weight excluding hydrogens is 238 g/mol. The van der Waals surface area contributed by atoms with Crippen LogP contribution in [0.25, 0.3) is 0 Å². The third-order valence-corrected chi connectivity index (χ3v) is 4.54. The Balaban J connectivity index is 2.56. The molecule has 0 saturated heterocycles. The Morgan fingerprint density at radius 3 is 2.26 bits per heavy atom. The van der Waals surface area contributed by atoms with Crippen molar-refractivity contribution in [1.29, 1.82) is 0 Å². The zero-order valence-electron chi connectivity index (χ0n) is 13.3. The number of nitrogens with one attached hydrogen (secondary N) is 1. The average Bonchev–Trinajstić information content (AvgIpc) is 2.38. The molecule has 19 heavy (non-hydrogen) atoms. The summed E-state index contributed by atoms with van der Waals surface area (Å²) >= 11 is 0. The zero-order chi connectivity index (χ0) is 14.5. The van der Waals surface area contributed by atoms with Gasteiger partial charge in [0.05, 0.1) is 7.11 Å². The summed E-state index contributed by atoms with van der Waals surface area (Å²) in [6.07, 6.45) is 5.78. The predicted molar refractivity (Wildman–Crippen MR) is 79.0 cm³/mol. The van der Waals surface area contributed by atoms with Crippen LogP contribution in [0.3, 0.4) is 0 Å². The van der Waals surface area contributed by atoms with E-state index in [4.69, 9.17) is 4.74 Å². The standard InChI is InChI=1S/C16H31NO2/c1-6-11-17-14(15(18)19-5)12-7-9-13(10-8-12)16(2,3)4/h12-14,17H,6-11H2,1-5H3. The molecule has 112 valence electrons. The van der Waals surface area contributed by atoms with Gasteiger partial charge in [-0.3, -0.25) is 4.79 Å². The Hall–Kier alpha value is -0.570. The molecule has 0 aromatic rings. The van der Waals surface area contributed by atoms with E-state index in [2.05, 4.69) is 33.0 Å². The molecule has 0 radical (unpaired) electrons. The van der Waals surface area contributed by atoms with Crippen LogP contribution in [-0.2, 0) is 9.53 Å². The average molecular weight is 269 g/mol. The number of esters is 1. The maximum Gasteiger partial charge on any atom is 0.323 e. The van der Waals surface area contributed by atoms with Gasteiger partial charge in [-0.25, -0.2) is 0 Å². The van der Waals surface area contributed by atoms with Crippen molar-refractivity contribution in [2.45, 2.75) is 65.8 Å². The van der Waals surface area contributed by atoms with Gasteiger partial charge in [0.25, 0.3) is 0 Å². The number of hydrogen-bond donors (Lipinski definition) is 1. The van der Waals surface area contributed by atoms with Gasteiger partial charge in [-0.1, -0.05) is 27.7 Å². The Bertz CT molecular complexity index is 275. The molecule has 1 aliphatic rings. The molecule has 1 saturated carbocycles. The van der Waals surface area contributed by atoms with E-state index >= 15 is 0 Å². The minimum atomic E-state index is -0.106. The SMILES string of the molecule is CCCNC(C(=O)OC)C1CCC(C(C)(C)C)CC1. The molecule has 0 aromatic carbocycles. The van der Waals surface area contributed by atoms with Crippen molar-refractivity contribution in [3.63, 3.8) is 0 Å². The molecule has 1 unspecified atom stereocenters. The van der Waals surface area contributed by atoms with Crippen molar-refractivity contribution < 1.29 is 9.53 Å². The van der Waals surface area contributed by atoms with Crippen LogP contribution in [0.15, 0.2) is 0 Å². The lowest BCUT2D eigenvalue weighted by Gasteiger charge is -2.39. The summed E-state index contributed by atoms with van der Waals surface area (Å²) < 4.78 is 4.96. The van der Waals surface area contributed by atoms with Crippen molar-refractivity contribution in [3.8, 4) is 0 Å². The molecule has 1 rings (SSSR count). The fourth-order valence-corrected chi connectivity index (χ4v) is 3.19. The van der Waals surface area contributed by atoms with E-state index in [9.17, 15) is 4.79 Å². The Labute approximate surface area is 118 Å². The first-order valence-electron chi connectivity index (χ1n) is 7.71. The summed E-state index contributed by atoms with van der Waals surface area (Å²) in [6, 6.07) is -0.106. The lowest BCUT2D eigenvalue weighted by atomic mass is 9.68. The van der Waals surface area contributed by atoms with Crippen LogP contribution in [-0.4, -0.2) is 25.7 Å². The molecule has 0 bridgehead atoms. The number of methoxy groups -OCH3 is 1. The van der Waals surface area contributed by atoms with Gasteiger partial charge in [-0.05, 0) is 55.9 Å². The van der Waals surface area contributed by atoms with Crippen LogP contribution in [0.2, 0.25) is 0 Å². The number of hydrogen-bond acceptors (Lipinski definition) is 3. The fraction of sp³-hybridized carbons (Fsp3) is 0.938. The number of carbonyl (C=O) groups is 1. The van der Waals surface area contributed by atoms with Gasteiger partial charge in [0, 0.05) is 0 Å². The second kappa shape index (κ2) is 7.28. The van der Waals surface area contributed by atoms with E-state index in [1.54, 1.807) is 0 Å². The summed E-state index contributed by atoms with van der Waals surface area (Å²) in [7, 11) is 1.49. The molecule has 0 heterocycles. The van der Waals surface area contributed by atoms with Crippen LogP contribution >= 0.6 is 0 Å². The highest BCUT2D eigenvalue weighted by Gasteiger charge is 2.35. The minimum absolute atomic E-state index is 0.0901. The third-order valence-electron chi connectivity index (χ3n) is 4.54. The third kappa shape index (κ3) is 4.79. The molecule has 0 spiro atoms. The topological polar surface area (TPSA) is 38.3 Å². The van der Waals surface area contributed by atoms with Gasteiger partial charge < -0.3 is 10.1 Å². The number of rotatable bonds is 5. The molecule has 3 heteroatoms. The first kappa shape index (κ1) is 16.5. The van der Waals surface area contributed by atoms with E-state index in [0.29, 0.717) is 11.3 Å². The van der Waals surface area contributed by atoms with Gasteiger partial charge in [-0.15, -0.1) is 0 Å². The molecule has 1 N–H and O–H groups in total. The second-order valence-corrected chi connectivity index (χ2v) is 6.93. The van der Waals surface area contributed by atoms with Crippen molar-refractivity contribution in [1.82, 2.24) is 5.32 Å². The number of ether oxygens (including phenoxy) is 1. The van der Waals surface area contributed by atoms with Gasteiger partial charge in [0.1, 0.15) is 6.04 Å². The highest BCUT2D eigenvalue weighted by molar-refractivity contribution is 5.76. The predicted octanol–water partition coefficient (Wildman–Crippen LogP) is 3.38. The molecule has 0 aliphatic heterocycles. The Morgan fingerprint density at radius 1 is 1.26 bits per heavy atom. The second-order valence-electron chi connectivity index (χ2n) is 6.93. The summed E-state index contributed by atoms with van der Waals surface area (Å²) in [5.41, 5.74) is 0.391. The van der Waals surface area contributed by atoms with Gasteiger partial charge in [0.2, 0.25) is 0 Å². The molecule has 0 amide bonds. The fourth-order valence-electron chi connectivity index (χ4n) is 3.19. The minimum Gasteiger partial charge on any atom is -0.468 e. The normalized spacial score (nSPS) is 25.9. The molecular formula is C16H31NO2. The van der Waals surface area contributed by atoms with Crippen LogP contribution < -0.4 is 5.32 Å². The zero-order valence-corrected chi connectivity index (χ0v) is 13.3. The van der Waals surface area contributed by atoms with E-state index in [0.717, 1.165) is 31.7 Å². The van der Waals surface area contributed by atoms with Crippen molar-refractivity contribution in [3.05, 3.63) is 0 Å². The van der Waals surface area contributed by atoms with Gasteiger partial charge in [-0.2, -0.15) is 0 Å². The summed E-state index contributed by atoms with van der Waals surface area (Å²) in [5, 5.41) is 3.37. The molecule has 3 nitrogen and oxygen atoms in total. The summed E-state index contributed by atoms with van der Waals surface area (Å²) in [6.45, 7) is 9.98. The lowest BCUT2D eigenvalue weighted by molar-refractivity contribution is -0.145. The molecule has 1 aliphatic carbocycles. The smallest absolute Gasteiger partial charge is 0.323 e. The van der Waals surface area contributed by atoms with E-state index in [-0.39, 0.29) is 12.0 Å². The Kier molecular flexibility index (Phi) is 6.31. The largest absolute Gasteiger partial charge is 0.468 e. The number of carbonyl (C=O) groups excluding carboxylic acids is 1. The van der Waals surface area contributed by atoms with Gasteiger partial charge in [0.15, 0.2) is 0 Å². The first-order chi connectivity index (χ1) is 8.90. The van der Waals surface area contributed by atoms with E-state index < -0.39 is 0 Å². The quantitative estimate of drug-likeness (QED) is 0.778. The van der Waals surface area contributed by atoms with E-state index in [1.807, 2.05) is 0 Å². The molecule has 1 atom stereocenters. The van der Waals surface area contributed by atoms with Gasteiger partial charge >= 0.3 is 5.97 Å². The van der Waals surface area contributed by atoms with Crippen molar-refractivity contribution >= 4 is 5.97 Å². The highest BCUT2D eigenvalue weighted by atomic mass is 16.5. The van der Waals surface area contributed by atoms with Crippen LogP contribution in [0.5, 0.6) is 0 Å². The van der Waals surface area contributed by atoms with Crippen LogP contribution in [0.4, 0.5) is 0 Å².